The largest absolute Gasteiger partial charge is 0.494 e. The van der Waals surface area contributed by atoms with Gasteiger partial charge < -0.3 is 4.74 Å². The van der Waals surface area contributed by atoms with E-state index in [1.165, 1.54) is 102 Å². The average molecular weight is 480 g/mol. The fraction of sp³-hybridized carbons (Fsp3) is 0.667. The van der Waals surface area contributed by atoms with Gasteiger partial charge in [0.2, 0.25) is 0 Å². The van der Waals surface area contributed by atoms with Crippen molar-refractivity contribution in [2.75, 3.05) is 6.61 Å². The normalized spacial score (nSPS) is 12.1. The second-order valence-corrected chi connectivity index (χ2v) is 10.6. The zero-order chi connectivity index (χ0) is 25.0. The molecule has 2 nitrogen and oxygen atoms in total. The maximum atomic E-state index is 5.96. The number of hydrogen-bond donors (Lipinski definition) is 0. The Morgan fingerprint density at radius 2 is 1.29 bits per heavy atom. The van der Waals surface area contributed by atoms with Gasteiger partial charge in [0.05, 0.1) is 12.3 Å². The molecule has 0 saturated carbocycles. The summed E-state index contributed by atoms with van der Waals surface area (Å²) in [4.78, 5) is 4.72. The van der Waals surface area contributed by atoms with Gasteiger partial charge in [0, 0.05) is 11.8 Å². The molecule has 2 rings (SSSR count). The molecule has 0 fully saturated rings. The summed E-state index contributed by atoms with van der Waals surface area (Å²) in [7, 11) is 0. The van der Waals surface area contributed by atoms with Gasteiger partial charge in [0.15, 0.2) is 0 Å². The Morgan fingerprint density at radius 3 is 1.94 bits per heavy atom. The molecule has 2 aromatic rings. The predicted octanol–water partition coefficient (Wildman–Crippen LogP) is 10.6. The Balaban J connectivity index is 1.58. The lowest BCUT2D eigenvalue weighted by atomic mass is 9.98. The summed E-state index contributed by atoms with van der Waals surface area (Å²) in [5, 5.41) is 0. The maximum absolute atomic E-state index is 5.96. The Hall–Kier alpha value is -1.83. The molecule has 0 N–H and O–H groups in total. The van der Waals surface area contributed by atoms with Crippen LogP contribution in [0, 0.1) is 5.92 Å². The van der Waals surface area contributed by atoms with E-state index in [1.54, 1.807) is 0 Å². The number of ether oxygens (including phenoxy) is 1. The van der Waals surface area contributed by atoms with Crippen molar-refractivity contribution >= 4 is 0 Å². The third-order valence-corrected chi connectivity index (χ3v) is 7.20. The minimum atomic E-state index is 0.814. The molecule has 0 radical (unpaired) electrons. The lowest BCUT2D eigenvalue weighted by Crippen LogP contribution is -1.99. The van der Waals surface area contributed by atoms with Gasteiger partial charge in [-0.1, -0.05) is 117 Å². The third-order valence-electron chi connectivity index (χ3n) is 7.20. The van der Waals surface area contributed by atoms with Crippen LogP contribution in [0.2, 0.25) is 0 Å². The Bertz CT molecular complexity index is 737. The van der Waals surface area contributed by atoms with Crippen LogP contribution in [0.25, 0.3) is 11.3 Å². The molecule has 1 aromatic heterocycles. The van der Waals surface area contributed by atoms with Gasteiger partial charge >= 0.3 is 0 Å². The molecule has 0 aliphatic rings. The second-order valence-electron chi connectivity index (χ2n) is 10.6. The highest BCUT2D eigenvalue weighted by Gasteiger charge is 2.03. The van der Waals surface area contributed by atoms with Gasteiger partial charge in [0.25, 0.3) is 0 Å². The first-order valence-corrected chi connectivity index (χ1v) is 14.9. The van der Waals surface area contributed by atoms with Crippen molar-refractivity contribution in [3.8, 4) is 17.0 Å². The number of unbranched alkanes of at least 4 members (excludes halogenated alkanes) is 11. The van der Waals surface area contributed by atoms with Gasteiger partial charge in [-0.05, 0) is 61.1 Å². The molecule has 196 valence electrons. The minimum absolute atomic E-state index is 0.814. The summed E-state index contributed by atoms with van der Waals surface area (Å²) in [6.07, 6.45) is 24.8. The Morgan fingerprint density at radius 1 is 0.657 bits per heavy atom. The number of hydrogen-bond acceptors (Lipinski definition) is 2. The first-order valence-electron chi connectivity index (χ1n) is 14.9. The highest BCUT2D eigenvalue weighted by atomic mass is 16.5. The summed E-state index contributed by atoms with van der Waals surface area (Å²) in [5.41, 5.74) is 3.56. The topological polar surface area (TPSA) is 22.1 Å². The molecule has 1 atom stereocenters. The quantitative estimate of drug-likeness (QED) is 0.166. The fourth-order valence-electron chi connectivity index (χ4n) is 4.76. The maximum Gasteiger partial charge on any atom is 0.119 e. The van der Waals surface area contributed by atoms with Gasteiger partial charge in [-0.25, -0.2) is 0 Å². The monoisotopic (exact) mass is 479 g/mol. The SMILES string of the molecule is CCCCCCCCCCCc1ccc(-c2ccc(OCCCCCC(C)CCCC)cc2)nc1. The molecule has 1 aromatic carbocycles. The van der Waals surface area contributed by atoms with Crippen molar-refractivity contribution < 1.29 is 4.74 Å². The van der Waals surface area contributed by atoms with E-state index >= 15 is 0 Å². The summed E-state index contributed by atoms with van der Waals surface area (Å²) >= 11 is 0. The fourth-order valence-corrected chi connectivity index (χ4v) is 4.76. The van der Waals surface area contributed by atoms with E-state index in [4.69, 9.17) is 9.72 Å². The van der Waals surface area contributed by atoms with Crippen molar-refractivity contribution in [3.63, 3.8) is 0 Å². The van der Waals surface area contributed by atoms with Crippen molar-refractivity contribution in [2.45, 2.75) is 130 Å². The molecular formula is C33H53NO. The molecule has 2 heteroatoms. The van der Waals surface area contributed by atoms with Crippen molar-refractivity contribution in [3.05, 3.63) is 48.2 Å². The van der Waals surface area contributed by atoms with Crippen LogP contribution >= 0.6 is 0 Å². The Labute approximate surface area is 217 Å². The van der Waals surface area contributed by atoms with Crippen LogP contribution in [0.5, 0.6) is 5.75 Å². The number of nitrogens with zero attached hydrogens (tertiary/aromatic N) is 1. The highest BCUT2D eigenvalue weighted by molar-refractivity contribution is 5.60. The molecule has 0 spiro atoms. The average Bonchev–Trinajstić information content (AvgIpc) is 2.89. The zero-order valence-electron chi connectivity index (χ0n) is 23.2. The summed E-state index contributed by atoms with van der Waals surface area (Å²) in [5.74, 6) is 1.84. The van der Waals surface area contributed by atoms with Gasteiger partial charge in [0.1, 0.15) is 5.75 Å². The van der Waals surface area contributed by atoms with E-state index in [9.17, 15) is 0 Å². The zero-order valence-corrected chi connectivity index (χ0v) is 23.2. The molecular weight excluding hydrogens is 426 g/mol. The van der Waals surface area contributed by atoms with Gasteiger partial charge in [-0.15, -0.1) is 0 Å². The molecule has 0 amide bonds. The number of aryl methyl sites for hydroxylation is 1. The number of rotatable bonds is 21. The summed E-state index contributed by atoms with van der Waals surface area (Å²) in [6.45, 7) is 7.78. The number of aromatic nitrogens is 1. The van der Waals surface area contributed by atoms with Crippen molar-refractivity contribution in [1.82, 2.24) is 4.98 Å². The van der Waals surface area contributed by atoms with Crippen LogP contribution in [0.15, 0.2) is 42.6 Å². The highest BCUT2D eigenvalue weighted by Crippen LogP contribution is 2.22. The first kappa shape index (κ1) is 29.4. The molecule has 0 saturated heterocycles. The van der Waals surface area contributed by atoms with Crippen LogP contribution < -0.4 is 4.74 Å². The van der Waals surface area contributed by atoms with Crippen LogP contribution in [0.3, 0.4) is 0 Å². The molecule has 1 unspecified atom stereocenters. The van der Waals surface area contributed by atoms with E-state index in [-0.39, 0.29) is 0 Å². The molecule has 1 heterocycles. The van der Waals surface area contributed by atoms with Gasteiger partial charge in [-0.2, -0.15) is 0 Å². The standard InChI is InChI=1S/C33H53NO/c1-4-6-8-9-10-11-12-13-16-20-30-21-26-33(34-28-30)31-22-24-32(25-23-31)35-27-17-14-15-19-29(3)18-7-5-2/h21-26,28-29H,4-20,27H2,1-3H3. The third kappa shape index (κ3) is 13.7. The van der Waals surface area contributed by atoms with Crippen LogP contribution in [-0.4, -0.2) is 11.6 Å². The molecule has 0 aliphatic heterocycles. The van der Waals surface area contributed by atoms with E-state index in [0.717, 1.165) is 42.4 Å². The van der Waals surface area contributed by atoms with Crippen LogP contribution in [-0.2, 0) is 6.42 Å². The minimum Gasteiger partial charge on any atom is -0.494 e. The van der Waals surface area contributed by atoms with Crippen LogP contribution in [0.4, 0.5) is 0 Å². The molecule has 0 bridgehead atoms. The Kier molecular flexibility index (Phi) is 16.3. The first-order chi connectivity index (χ1) is 17.2. The molecule has 0 aliphatic carbocycles. The predicted molar refractivity (Wildman–Crippen MR) is 153 cm³/mol. The van der Waals surface area contributed by atoms with Gasteiger partial charge in [-0.3, -0.25) is 4.98 Å². The van der Waals surface area contributed by atoms with E-state index < -0.39 is 0 Å². The number of pyridine rings is 1. The lowest BCUT2D eigenvalue weighted by molar-refractivity contribution is 0.302. The van der Waals surface area contributed by atoms with E-state index in [1.807, 2.05) is 0 Å². The second kappa shape index (κ2) is 19.4. The smallest absolute Gasteiger partial charge is 0.119 e. The van der Waals surface area contributed by atoms with Crippen molar-refractivity contribution in [1.29, 1.82) is 0 Å². The van der Waals surface area contributed by atoms with Crippen molar-refractivity contribution in [2.24, 2.45) is 5.92 Å². The number of benzene rings is 1. The summed E-state index contributed by atoms with van der Waals surface area (Å²) < 4.78 is 5.96. The van der Waals surface area contributed by atoms with E-state index in [0.29, 0.717) is 0 Å². The molecule has 35 heavy (non-hydrogen) atoms. The van der Waals surface area contributed by atoms with Crippen LogP contribution in [0.1, 0.15) is 129 Å². The summed E-state index contributed by atoms with van der Waals surface area (Å²) in [6, 6.07) is 12.8. The van der Waals surface area contributed by atoms with E-state index in [2.05, 4.69) is 63.4 Å². The lowest BCUT2D eigenvalue weighted by Gasteiger charge is -2.11.